The molecular formula is C30H44N4O3. The van der Waals surface area contributed by atoms with Crippen LogP contribution < -0.4 is 10.1 Å². The number of carbonyl (C=O) groups is 1. The lowest BCUT2D eigenvalue weighted by molar-refractivity contribution is -0.122. The van der Waals surface area contributed by atoms with E-state index in [0.29, 0.717) is 19.3 Å². The molecule has 4 rings (SSSR count). The number of rotatable bonds is 10. The molecule has 7 heteroatoms. The van der Waals surface area contributed by atoms with Gasteiger partial charge in [-0.3, -0.25) is 4.79 Å². The highest BCUT2D eigenvalue weighted by atomic mass is 16.5. The summed E-state index contributed by atoms with van der Waals surface area (Å²) in [5.74, 6) is 1.87. The summed E-state index contributed by atoms with van der Waals surface area (Å²) < 4.78 is 8.80. The minimum atomic E-state index is -0.637. The molecule has 37 heavy (non-hydrogen) atoms. The molecule has 0 unspecified atom stereocenters. The van der Waals surface area contributed by atoms with Crippen molar-refractivity contribution in [2.75, 3.05) is 0 Å². The first-order valence-corrected chi connectivity index (χ1v) is 13.8. The van der Waals surface area contributed by atoms with E-state index in [0.717, 1.165) is 55.1 Å². The molecule has 7 nitrogen and oxygen atoms in total. The van der Waals surface area contributed by atoms with Crippen molar-refractivity contribution >= 4 is 5.91 Å². The van der Waals surface area contributed by atoms with Crippen LogP contribution in [0.3, 0.4) is 0 Å². The fourth-order valence-corrected chi connectivity index (χ4v) is 5.72. The summed E-state index contributed by atoms with van der Waals surface area (Å²) in [6.07, 6.45) is 12.3. The normalized spacial score (nSPS) is 19.9. The second-order valence-corrected chi connectivity index (χ2v) is 12.2. The van der Waals surface area contributed by atoms with Crippen molar-refractivity contribution in [1.29, 1.82) is 0 Å². The standard InChI is InChI=1S/C30H44N4O3/c1-7-10-23(33-25(36)8-2)24(35)12-11-20-18-30(13-9-14-30)37-27-22(20)17-21(19-29(3,4)5)32-26(27)28-31-15-16-34(28)6/h7,15-17,20,23-24,35H,1,8-14,18-19H2,2-6H3,(H,33,36)/t20-,23-,24+/m0/s1. The topological polar surface area (TPSA) is 89.3 Å². The molecule has 1 aliphatic carbocycles. The third-order valence-corrected chi connectivity index (χ3v) is 7.80. The fraction of sp³-hybridized carbons (Fsp3) is 0.633. The maximum Gasteiger partial charge on any atom is 0.220 e. The number of pyridine rings is 1. The van der Waals surface area contributed by atoms with Crippen molar-refractivity contribution in [1.82, 2.24) is 19.9 Å². The van der Waals surface area contributed by atoms with E-state index in [1.165, 1.54) is 12.0 Å². The molecule has 1 amide bonds. The molecule has 0 saturated heterocycles. The molecule has 0 radical (unpaired) electrons. The van der Waals surface area contributed by atoms with Crippen molar-refractivity contribution in [2.24, 2.45) is 12.5 Å². The molecule has 0 bridgehead atoms. The molecule has 1 saturated carbocycles. The molecule has 0 aromatic carbocycles. The first-order chi connectivity index (χ1) is 17.5. The van der Waals surface area contributed by atoms with Crippen LogP contribution in [-0.4, -0.2) is 43.3 Å². The summed E-state index contributed by atoms with van der Waals surface area (Å²) in [7, 11) is 1.99. The lowest BCUT2D eigenvalue weighted by atomic mass is 9.69. The molecule has 1 spiro atoms. The largest absolute Gasteiger partial charge is 0.485 e. The average Bonchev–Trinajstić information content (AvgIpc) is 3.24. The number of aryl methyl sites for hydroxylation is 1. The van der Waals surface area contributed by atoms with Gasteiger partial charge < -0.3 is 19.7 Å². The molecule has 1 aliphatic heterocycles. The molecular weight excluding hydrogens is 464 g/mol. The average molecular weight is 509 g/mol. The lowest BCUT2D eigenvalue weighted by Crippen LogP contribution is -2.47. The highest BCUT2D eigenvalue weighted by molar-refractivity contribution is 5.75. The maximum atomic E-state index is 12.0. The van der Waals surface area contributed by atoms with Crippen LogP contribution in [-0.2, 0) is 18.3 Å². The summed E-state index contributed by atoms with van der Waals surface area (Å²) in [5.41, 5.74) is 2.97. The van der Waals surface area contributed by atoms with Crippen LogP contribution in [0.1, 0.15) is 96.2 Å². The number of fused-ring (bicyclic) bond motifs is 1. The minimum absolute atomic E-state index is 0.0478. The molecule has 3 atom stereocenters. The van der Waals surface area contributed by atoms with Gasteiger partial charge in [0.15, 0.2) is 11.6 Å². The quantitative estimate of drug-likeness (QED) is 0.415. The van der Waals surface area contributed by atoms with Crippen LogP contribution in [0.25, 0.3) is 11.5 Å². The maximum absolute atomic E-state index is 12.0. The zero-order valence-electron chi connectivity index (χ0n) is 23.2. The molecule has 2 aliphatic rings. The zero-order chi connectivity index (χ0) is 26.8. The first kappa shape index (κ1) is 27.4. The molecule has 1 fully saturated rings. The minimum Gasteiger partial charge on any atom is -0.485 e. The number of amides is 1. The van der Waals surface area contributed by atoms with Crippen LogP contribution in [0.4, 0.5) is 0 Å². The highest BCUT2D eigenvalue weighted by Crippen LogP contribution is 2.53. The van der Waals surface area contributed by atoms with E-state index >= 15 is 0 Å². The number of aliphatic hydroxyl groups is 1. The van der Waals surface area contributed by atoms with Crippen molar-refractivity contribution in [2.45, 2.75) is 109 Å². The van der Waals surface area contributed by atoms with Gasteiger partial charge in [-0.15, -0.1) is 6.58 Å². The smallest absolute Gasteiger partial charge is 0.220 e. The Morgan fingerprint density at radius 1 is 1.41 bits per heavy atom. The van der Waals surface area contributed by atoms with Gasteiger partial charge in [0.05, 0.1) is 12.1 Å². The van der Waals surface area contributed by atoms with Gasteiger partial charge in [0.2, 0.25) is 5.91 Å². The number of ether oxygens (including phenoxy) is 1. The van der Waals surface area contributed by atoms with E-state index in [9.17, 15) is 9.90 Å². The molecule has 3 heterocycles. The SMILES string of the molecule is C=CC[C@H](NC(=O)CC)[C@H](O)CC[C@H]1CC2(CCC2)Oc2c1cc(CC(C)(C)C)nc2-c1nccn1C. The van der Waals surface area contributed by atoms with E-state index in [-0.39, 0.29) is 28.9 Å². The van der Waals surface area contributed by atoms with Crippen LogP contribution in [0.15, 0.2) is 31.1 Å². The second-order valence-electron chi connectivity index (χ2n) is 12.2. The number of hydrogen-bond acceptors (Lipinski definition) is 5. The summed E-state index contributed by atoms with van der Waals surface area (Å²) in [5, 5.41) is 14.1. The Labute approximate surface area is 221 Å². The number of hydrogen-bond donors (Lipinski definition) is 2. The Morgan fingerprint density at radius 3 is 2.73 bits per heavy atom. The van der Waals surface area contributed by atoms with Gasteiger partial charge in [0.25, 0.3) is 0 Å². The van der Waals surface area contributed by atoms with Crippen LogP contribution in [0.2, 0.25) is 0 Å². The van der Waals surface area contributed by atoms with Crippen LogP contribution in [0.5, 0.6) is 5.75 Å². The Hall–Kier alpha value is -2.67. The number of nitrogens with zero attached hydrogens (tertiary/aromatic N) is 3. The van der Waals surface area contributed by atoms with Gasteiger partial charge in [-0.1, -0.05) is 33.8 Å². The number of carbonyl (C=O) groups excluding carboxylic acids is 1. The van der Waals surface area contributed by atoms with Crippen molar-refractivity contribution in [3.8, 4) is 17.3 Å². The summed E-state index contributed by atoms with van der Waals surface area (Å²) in [6.45, 7) is 12.3. The van der Waals surface area contributed by atoms with Gasteiger partial charge in [-0.25, -0.2) is 9.97 Å². The Bertz CT molecular complexity index is 1110. The first-order valence-electron chi connectivity index (χ1n) is 13.8. The highest BCUT2D eigenvalue weighted by Gasteiger charge is 2.47. The number of aliphatic hydroxyl groups excluding tert-OH is 1. The number of imidazole rings is 1. The van der Waals surface area contributed by atoms with E-state index in [1.807, 2.05) is 24.7 Å². The summed E-state index contributed by atoms with van der Waals surface area (Å²) in [6, 6.07) is 1.91. The molecule has 2 aromatic heterocycles. The van der Waals surface area contributed by atoms with E-state index in [2.05, 4.69) is 43.7 Å². The molecule has 202 valence electrons. The third kappa shape index (κ3) is 6.25. The lowest BCUT2D eigenvalue weighted by Gasteiger charge is -2.48. The Balaban J connectivity index is 1.68. The van der Waals surface area contributed by atoms with Gasteiger partial charge in [-0.2, -0.15) is 0 Å². The zero-order valence-corrected chi connectivity index (χ0v) is 23.2. The van der Waals surface area contributed by atoms with E-state index in [4.69, 9.17) is 9.72 Å². The Morgan fingerprint density at radius 2 is 2.16 bits per heavy atom. The van der Waals surface area contributed by atoms with E-state index in [1.54, 1.807) is 12.3 Å². The van der Waals surface area contributed by atoms with Crippen molar-refractivity contribution < 1.29 is 14.6 Å². The fourth-order valence-electron chi connectivity index (χ4n) is 5.72. The Kier molecular flexibility index (Phi) is 8.12. The second kappa shape index (κ2) is 11.0. The predicted octanol–water partition coefficient (Wildman–Crippen LogP) is 5.47. The third-order valence-electron chi connectivity index (χ3n) is 7.80. The molecule has 2 aromatic rings. The number of aromatic nitrogens is 3. The number of nitrogens with one attached hydrogen (secondary N) is 1. The van der Waals surface area contributed by atoms with Crippen LogP contribution in [0, 0.1) is 5.41 Å². The van der Waals surface area contributed by atoms with Crippen LogP contribution >= 0.6 is 0 Å². The van der Waals surface area contributed by atoms with Gasteiger partial charge in [0, 0.05) is 37.1 Å². The van der Waals surface area contributed by atoms with Gasteiger partial charge in [-0.05, 0) is 68.8 Å². The van der Waals surface area contributed by atoms with Gasteiger partial charge in [0.1, 0.15) is 11.3 Å². The van der Waals surface area contributed by atoms with Gasteiger partial charge >= 0.3 is 0 Å². The van der Waals surface area contributed by atoms with Crippen molar-refractivity contribution in [3.63, 3.8) is 0 Å². The molecule has 2 N–H and O–H groups in total. The summed E-state index contributed by atoms with van der Waals surface area (Å²) >= 11 is 0. The van der Waals surface area contributed by atoms with Crippen molar-refractivity contribution in [3.05, 3.63) is 42.4 Å². The summed E-state index contributed by atoms with van der Waals surface area (Å²) in [4.78, 5) is 21.8. The predicted molar refractivity (Wildman–Crippen MR) is 146 cm³/mol. The van der Waals surface area contributed by atoms with E-state index < -0.39 is 6.10 Å². The monoisotopic (exact) mass is 508 g/mol.